The summed E-state index contributed by atoms with van der Waals surface area (Å²) in [5.41, 5.74) is 3.14. The van der Waals surface area contributed by atoms with Gasteiger partial charge in [0.25, 0.3) is 5.91 Å². The van der Waals surface area contributed by atoms with Crippen LogP contribution < -0.4 is 10.2 Å². The molecule has 0 atom stereocenters. The molecule has 2 aromatic carbocycles. The number of carbonyl (C=O) groups excluding carboxylic acids is 1. The monoisotopic (exact) mass is 390 g/mol. The standard InChI is InChI=1S/C23H23FN4O/c1-16-26-20(23(29)28-14-6-9-18-8-3-5-11-21(18)28)15-22(27-16)25-13-12-17-7-2-4-10-19(17)24/h2-5,7-8,10-11,15H,6,9,12-14H2,1H3,(H,25,26,27). The molecule has 0 saturated heterocycles. The third kappa shape index (κ3) is 4.26. The number of hydrogen-bond acceptors (Lipinski definition) is 4. The lowest BCUT2D eigenvalue weighted by Crippen LogP contribution is -2.36. The molecule has 0 saturated carbocycles. The second-order valence-electron chi connectivity index (χ2n) is 7.14. The fraction of sp³-hybridized carbons (Fsp3) is 0.261. The Bertz CT molecular complexity index is 1040. The van der Waals surface area contributed by atoms with Crippen molar-refractivity contribution in [3.8, 4) is 0 Å². The number of aryl methyl sites for hydroxylation is 2. The number of carbonyl (C=O) groups is 1. The predicted octanol–water partition coefficient (Wildman–Crippen LogP) is 4.17. The van der Waals surface area contributed by atoms with Gasteiger partial charge in [-0.15, -0.1) is 0 Å². The number of hydrogen-bond donors (Lipinski definition) is 1. The van der Waals surface area contributed by atoms with Crippen LogP contribution in [-0.2, 0) is 12.8 Å². The van der Waals surface area contributed by atoms with Crippen molar-refractivity contribution < 1.29 is 9.18 Å². The van der Waals surface area contributed by atoms with Crippen LogP contribution in [0.1, 0.15) is 33.9 Å². The normalized spacial score (nSPS) is 13.1. The van der Waals surface area contributed by atoms with E-state index in [9.17, 15) is 9.18 Å². The first-order valence-electron chi connectivity index (χ1n) is 9.84. The van der Waals surface area contributed by atoms with Crippen molar-refractivity contribution in [1.82, 2.24) is 9.97 Å². The maximum Gasteiger partial charge on any atom is 0.277 e. The summed E-state index contributed by atoms with van der Waals surface area (Å²) in [4.78, 5) is 23.7. The minimum atomic E-state index is -0.215. The zero-order chi connectivity index (χ0) is 20.2. The fourth-order valence-electron chi connectivity index (χ4n) is 3.68. The summed E-state index contributed by atoms with van der Waals surface area (Å²) in [6.07, 6.45) is 2.44. The van der Waals surface area contributed by atoms with E-state index < -0.39 is 0 Å². The quantitative estimate of drug-likeness (QED) is 0.710. The summed E-state index contributed by atoms with van der Waals surface area (Å²) in [6.45, 7) is 2.95. The first-order chi connectivity index (χ1) is 14.1. The van der Waals surface area contributed by atoms with Gasteiger partial charge in [0.15, 0.2) is 0 Å². The highest BCUT2D eigenvalue weighted by molar-refractivity contribution is 6.05. The highest BCUT2D eigenvalue weighted by Gasteiger charge is 2.24. The molecule has 0 unspecified atom stereocenters. The van der Waals surface area contributed by atoms with Crippen molar-refractivity contribution in [3.05, 3.63) is 83.1 Å². The van der Waals surface area contributed by atoms with Gasteiger partial charge in [-0.1, -0.05) is 36.4 Å². The van der Waals surface area contributed by atoms with E-state index >= 15 is 0 Å². The lowest BCUT2D eigenvalue weighted by atomic mass is 10.0. The van der Waals surface area contributed by atoms with E-state index in [1.54, 1.807) is 30.0 Å². The molecule has 6 heteroatoms. The number of fused-ring (bicyclic) bond motifs is 1. The summed E-state index contributed by atoms with van der Waals surface area (Å²) >= 11 is 0. The second kappa shape index (κ2) is 8.39. The van der Waals surface area contributed by atoms with Crippen LogP contribution in [0.15, 0.2) is 54.6 Å². The van der Waals surface area contributed by atoms with Gasteiger partial charge in [0.2, 0.25) is 0 Å². The van der Waals surface area contributed by atoms with Gasteiger partial charge in [0.05, 0.1) is 0 Å². The Morgan fingerprint density at radius 2 is 1.93 bits per heavy atom. The molecule has 1 aromatic heterocycles. The number of para-hydroxylation sites is 1. The van der Waals surface area contributed by atoms with Crippen LogP contribution in [0.3, 0.4) is 0 Å². The summed E-state index contributed by atoms with van der Waals surface area (Å²) in [6, 6.07) is 16.4. The molecule has 1 amide bonds. The van der Waals surface area contributed by atoms with Crippen molar-refractivity contribution in [3.63, 3.8) is 0 Å². The zero-order valence-corrected chi connectivity index (χ0v) is 16.4. The number of nitrogens with zero attached hydrogens (tertiary/aromatic N) is 3. The molecular weight excluding hydrogens is 367 g/mol. The molecule has 2 heterocycles. The topological polar surface area (TPSA) is 58.1 Å². The molecule has 1 N–H and O–H groups in total. The van der Waals surface area contributed by atoms with Gasteiger partial charge in [-0.05, 0) is 49.4 Å². The number of rotatable bonds is 5. The Labute approximate surface area is 169 Å². The van der Waals surface area contributed by atoms with Crippen LogP contribution in [0.25, 0.3) is 0 Å². The maximum absolute atomic E-state index is 13.8. The minimum Gasteiger partial charge on any atom is -0.370 e. The molecule has 148 valence electrons. The smallest absolute Gasteiger partial charge is 0.277 e. The Morgan fingerprint density at radius 3 is 2.79 bits per heavy atom. The predicted molar refractivity (Wildman–Crippen MR) is 112 cm³/mol. The summed E-state index contributed by atoms with van der Waals surface area (Å²) < 4.78 is 13.8. The Balaban J connectivity index is 1.50. The molecule has 5 nitrogen and oxygen atoms in total. The number of halogens is 1. The molecule has 3 aromatic rings. The lowest BCUT2D eigenvalue weighted by molar-refractivity contribution is 0.0980. The first kappa shape index (κ1) is 19.1. The van der Waals surface area contributed by atoms with E-state index in [2.05, 4.69) is 21.4 Å². The fourth-order valence-corrected chi connectivity index (χ4v) is 3.68. The molecule has 1 aliphatic rings. The number of anilines is 2. The van der Waals surface area contributed by atoms with Crippen LogP contribution in [-0.4, -0.2) is 29.0 Å². The van der Waals surface area contributed by atoms with Gasteiger partial charge in [0.1, 0.15) is 23.2 Å². The number of benzene rings is 2. The Hall–Kier alpha value is -3.28. The molecule has 29 heavy (non-hydrogen) atoms. The molecule has 0 fully saturated rings. The largest absolute Gasteiger partial charge is 0.370 e. The summed E-state index contributed by atoms with van der Waals surface area (Å²) in [7, 11) is 0. The summed E-state index contributed by atoms with van der Waals surface area (Å²) in [5, 5.41) is 3.19. The van der Waals surface area contributed by atoms with E-state index in [0.29, 0.717) is 42.4 Å². The van der Waals surface area contributed by atoms with Crippen molar-refractivity contribution in [2.24, 2.45) is 0 Å². The van der Waals surface area contributed by atoms with E-state index in [4.69, 9.17) is 0 Å². The van der Waals surface area contributed by atoms with Crippen molar-refractivity contribution in [2.45, 2.75) is 26.2 Å². The number of amides is 1. The average Bonchev–Trinajstić information content (AvgIpc) is 2.74. The van der Waals surface area contributed by atoms with E-state index in [1.807, 2.05) is 24.3 Å². The van der Waals surface area contributed by atoms with Gasteiger partial charge in [-0.3, -0.25) is 4.79 Å². The molecule has 0 spiro atoms. The molecule has 0 aliphatic carbocycles. The Morgan fingerprint density at radius 1 is 1.14 bits per heavy atom. The van der Waals surface area contributed by atoms with Gasteiger partial charge < -0.3 is 10.2 Å². The highest BCUT2D eigenvalue weighted by atomic mass is 19.1. The minimum absolute atomic E-state index is 0.125. The van der Waals surface area contributed by atoms with E-state index in [0.717, 1.165) is 18.5 Å². The van der Waals surface area contributed by atoms with Crippen LogP contribution in [0.5, 0.6) is 0 Å². The molecule has 0 bridgehead atoms. The molecule has 4 rings (SSSR count). The lowest BCUT2D eigenvalue weighted by Gasteiger charge is -2.29. The van der Waals surface area contributed by atoms with Gasteiger partial charge in [-0.2, -0.15) is 0 Å². The van der Waals surface area contributed by atoms with Crippen molar-refractivity contribution >= 4 is 17.4 Å². The van der Waals surface area contributed by atoms with Crippen LogP contribution in [0.4, 0.5) is 15.9 Å². The number of nitrogens with one attached hydrogen (secondary N) is 1. The molecular formula is C23H23FN4O. The third-order valence-corrected chi connectivity index (χ3v) is 5.07. The van der Waals surface area contributed by atoms with Crippen molar-refractivity contribution in [1.29, 1.82) is 0 Å². The van der Waals surface area contributed by atoms with E-state index in [-0.39, 0.29) is 11.7 Å². The highest BCUT2D eigenvalue weighted by Crippen LogP contribution is 2.28. The van der Waals surface area contributed by atoms with Gasteiger partial charge in [0, 0.05) is 24.8 Å². The average molecular weight is 390 g/mol. The number of aromatic nitrogens is 2. The maximum atomic E-state index is 13.8. The van der Waals surface area contributed by atoms with Crippen LogP contribution in [0.2, 0.25) is 0 Å². The van der Waals surface area contributed by atoms with Crippen LogP contribution >= 0.6 is 0 Å². The van der Waals surface area contributed by atoms with Gasteiger partial charge in [-0.25, -0.2) is 14.4 Å². The van der Waals surface area contributed by atoms with E-state index in [1.165, 1.54) is 11.6 Å². The first-order valence-corrected chi connectivity index (χ1v) is 9.84. The molecule has 0 radical (unpaired) electrons. The summed E-state index contributed by atoms with van der Waals surface area (Å²) in [5.74, 6) is 0.754. The Kier molecular flexibility index (Phi) is 5.51. The van der Waals surface area contributed by atoms with Crippen molar-refractivity contribution in [2.75, 3.05) is 23.3 Å². The van der Waals surface area contributed by atoms with Gasteiger partial charge >= 0.3 is 0 Å². The SMILES string of the molecule is Cc1nc(NCCc2ccccc2F)cc(C(=O)N2CCCc3ccccc32)n1. The van der Waals surface area contributed by atoms with Crippen LogP contribution in [0, 0.1) is 12.7 Å². The zero-order valence-electron chi connectivity index (χ0n) is 16.4. The second-order valence-corrected chi connectivity index (χ2v) is 7.14. The molecule has 1 aliphatic heterocycles. The third-order valence-electron chi connectivity index (χ3n) is 5.07.